The van der Waals surface area contributed by atoms with Gasteiger partial charge in [0.1, 0.15) is 5.82 Å². The Morgan fingerprint density at radius 3 is 2.42 bits per heavy atom. The standard InChI is InChI=1S/C14H16ClN3S/c1-3-11-12(9-5-7-10(15)8-6-9)13(16)18-14(17-11)19-4-2/h5-8H,3-4H2,1-2H3,(H2,16,17,18). The van der Waals surface area contributed by atoms with Crippen molar-refractivity contribution in [3.05, 3.63) is 35.0 Å². The molecule has 0 atom stereocenters. The lowest BCUT2D eigenvalue weighted by atomic mass is 10.0. The quantitative estimate of drug-likeness (QED) is 0.682. The fraction of sp³-hybridized carbons (Fsp3) is 0.286. The van der Waals surface area contributed by atoms with Gasteiger partial charge in [-0.2, -0.15) is 0 Å². The zero-order valence-electron chi connectivity index (χ0n) is 11.0. The number of aromatic nitrogens is 2. The summed E-state index contributed by atoms with van der Waals surface area (Å²) in [6.45, 7) is 4.14. The molecule has 1 aromatic carbocycles. The third-order valence-electron chi connectivity index (χ3n) is 2.73. The van der Waals surface area contributed by atoms with Crippen molar-refractivity contribution < 1.29 is 0 Å². The van der Waals surface area contributed by atoms with Gasteiger partial charge >= 0.3 is 0 Å². The molecule has 2 aromatic rings. The van der Waals surface area contributed by atoms with Gasteiger partial charge in [-0.1, -0.05) is 49.3 Å². The van der Waals surface area contributed by atoms with Crippen LogP contribution in [0.1, 0.15) is 19.5 Å². The largest absolute Gasteiger partial charge is 0.383 e. The number of nitrogens with two attached hydrogens (primary N) is 1. The Morgan fingerprint density at radius 2 is 1.84 bits per heavy atom. The van der Waals surface area contributed by atoms with Crippen molar-refractivity contribution in [1.29, 1.82) is 0 Å². The Morgan fingerprint density at radius 1 is 1.16 bits per heavy atom. The molecule has 0 saturated carbocycles. The molecule has 2 rings (SSSR count). The SMILES string of the molecule is CCSc1nc(N)c(-c2ccc(Cl)cc2)c(CC)n1. The Kier molecular flexibility index (Phi) is 4.66. The molecule has 0 unspecified atom stereocenters. The monoisotopic (exact) mass is 293 g/mol. The van der Waals surface area contributed by atoms with E-state index in [9.17, 15) is 0 Å². The molecule has 100 valence electrons. The molecule has 0 aliphatic rings. The van der Waals surface area contributed by atoms with Crippen LogP contribution < -0.4 is 5.73 Å². The number of hydrogen-bond donors (Lipinski definition) is 1. The van der Waals surface area contributed by atoms with Crippen LogP contribution >= 0.6 is 23.4 Å². The summed E-state index contributed by atoms with van der Waals surface area (Å²) in [5.74, 6) is 1.47. The lowest BCUT2D eigenvalue weighted by Crippen LogP contribution is -2.04. The van der Waals surface area contributed by atoms with Crippen molar-refractivity contribution >= 4 is 29.2 Å². The molecule has 3 nitrogen and oxygen atoms in total. The van der Waals surface area contributed by atoms with E-state index in [2.05, 4.69) is 23.8 Å². The van der Waals surface area contributed by atoms with Crippen LogP contribution in [0, 0.1) is 0 Å². The van der Waals surface area contributed by atoms with Gasteiger partial charge in [0.2, 0.25) is 0 Å². The number of hydrogen-bond acceptors (Lipinski definition) is 4. The van der Waals surface area contributed by atoms with Crippen molar-refractivity contribution in [3.8, 4) is 11.1 Å². The van der Waals surface area contributed by atoms with E-state index in [1.165, 1.54) is 0 Å². The first-order chi connectivity index (χ1) is 9.15. The lowest BCUT2D eigenvalue weighted by molar-refractivity contribution is 0.900. The van der Waals surface area contributed by atoms with E-state index >= 15 is 0 Å². The molecule has 1 aromatic heterocycles. The fourth-order valence-corrected chi connectivity index (χ4v) is 2.61. The number of anilines is 1. The molecule has 0 fully saturated rings. The van der Waals surface area contributed by atoms with Crippen LogP contribution in [0.3, 0.4) is 0 Å². The third kappa shape index (κ3) is 3.19. The van der Waals surface area contributed by atoms with Gasteiger partial charge in [0.15, 0.2) is 5.16 Å². The molecule has 0 aliphatic carbocycles. The van der Waals surface area contributed by atoms with Gasteiger partial charge in [0.05, 0.1) is 5.69 Å². The van der Waals surface area contributed by atoms with Crippen LogP contribution in [0.2, 0.25) is 5.02 Å². The molecular formula is C14H16ClN3S. The minimum Gasteiger partial charge on any atom is -0.383 e. The zero-order valence-corrected chi connectivity index (χ0v) is 12.6. The highest BCUT2D eigenvalue weighted by Crippen LogP contribution is 2.30. The molecule has 0 radical (unpaired) electrons. The van der Waals surface area contributed by atoms with E-state index < -0.39 is 0 Å². The van der Waals surface area contributed by atoms with E-state index in [-0.39, 0.29) is 0 Å². The minimum absolute atomic E-state index is 0.533. The summed E-state index contributed by atoms with van der Waals surface area (Å²) in [4.78, 5) is 8.95. The van der Waals surface area contributed by atoms with Crippen molar-refractivity contribution in [1.82, 2.24) is 9.97 Å². The summed E-state index contributed by atoms with van der Waals surface area (Å²) < 4.78 is 0. The van der Waals surface area contributed by atoms with Crippen molar-refractivity contribution in [2.75, 3.05) is 11.5 Å². The lowest BCUT2D eigenvalue weighted by Gasteiger charge is -2.11. The summed E-state index contributed by atoms with van der Waals surface area (Å²) in [6.07, 6.45) is 0.821. The molecule has 0 aliphatic heterocycles. The molecule has 2 N–H and O–H groups in total. The summed E-state index contributed by atoms with van der Waals surface area (Å²) in [7, 11) is 0. The van der Waals surface area contributed by atoms with E-state index in [1.54, 1.807) is 11.8 Å². The topological polar surface area (TPSA) is 51.8 Å². The van der Waals surface area contributed by atoms with E-state index in [0.717, 1.165) is 34.2 Å². The normalized spacial score (nSPS) is 10.7. The van der Waals surface area contributed by atoms with Crippen LogP contribution in [0.15, 0.2) is 29.4 Å². The van der Waals surface area contributed by atoms with Gasteiger partial charge in [0, 0.05) is 10.6 Å². The number of halogens is 1. The van der Waals surface area contributed by atoms with Crippen molar-refractivity contribution in [2.45, 2.75) is 25.4 Å². The molecular weight excluding hydrogens is 278 g/mol. The predicted molar refractivity (Wildman–Crippen MR) is 82.7 cm³/mol. The first-order valence-corrected chi connectivity index (χ1v) is 7.57. The maximum Gasteiger partial charge on any atom is 0.189 e. The van der Waals surface area contributed by atoms with Crippen LogP contribution in [0.25, 0.3) is 11.1 Å². The number of rotatable bonds is 4. The second-order valence-electron chi connectivity index (χ2n) is 4.01. The van der Waals surface area contributed by atoms with Crippen molar-refractivity contribution in [3.63, 3.8) is 0 Å². The average molecular weight is 294 g/mol. The number of nitrogen functional groups attached to an aromatic ring is 1. The first-order valence-electron chi connectivity index (χ1n) is 6.20. The Bertz CT molecular complexity index is 570. The van der Waals surface area contributed by atoms with Crippen molar-refractivity contribution in [2.24, 2.45) is 0 Å². The van der Waals surface area contributed by atoms with Gasteiger partial charge in [-0.3, -0.25) is 0 Å². The predicted octanol–water partition coefficient (Wildman–Crippen LogP) is 4.05. The smallest absolute Gasteiger partial charge is 0.189 e. The summed E-state index contributed by atoms with van der Waals surface area (Å²) in [6, 6.07) is 7.60. The molecule has 5 heteroatoms. The molecule has 19 heavy (non-hydrogen) atoms. The van der Waals surface area contributed by atoms with Crippen LogP contribution in [0.5, 0.6) is 0 Å². The van der Waals surface area contributed by atoms with Gasteiger partial charge < -0.3 is 5.73 Å². The Labute approximate surface area is 122 Å². The second kappa shape index (κ2) is 6.26. The molecule has 0 amide bonds. The summed E-state index contributed by atoms with van der Waals surface area (Å²) in [5.41, 5.74) is 9.00. The maximum absolute atomic E-state index is 6.10. The number of aryl methyl sites for hydroxylation is 1. The Balaban J connectivity index is 2.52. The maximum atomic E-state index is 6.10. The highest BCUT2D eigenvalue weighted by Gasteiger charge is 2.13. The zero-order chi connectivity index (χ0) is 13.8. The van der Waals surface area contributed by atoms with E-state index in [0.29, 0.717) is 10.8 Å². The highest BCUT2D eigenvalue weighted by atomic mass is 35.5. The highest BCUT2D eigenvalue weighted by molar-refractivity contribution is 7.99. The van der Waals surface area contributed by atoms with Crippen LogP contribution in [0.4, 0.5) is 5.82 Å². The van der Waals surface area contributed by atoms with Crippen LogP contribution in [-0.4, -0.2) is 15.7 Å². The number of benzene rings is 1. The summed E-state index contributed by atoms with van der Waals surface area (Å²) in [5, 5.41) is 1.45. The average Bonchev–Trinajstić information content (AvgIpc) is 2.40. The third-order valence-corrected chi connectivity index (χ3v) is 3.71. The Hall–Kier alpha value is -1.26. The van der Waals surface area contributed by atoms with Gasteiger partial charge in [-0.15, -0.1) is 0 Å². The van der Waals surface area contributed by atoms with E-state index in [1.807, 2.05) is 24.3 Å². The van der Waals surface area contributed by atoms with Gasteiger partial charge in [-0.05, 0) is 29.9 Å². The summed E-state index contributed by atoms with van der Waals surface area (Å²) >= 11 is 7.52. The minimum atomic E-state index is 0.533. The van der Waals surface area contributed by atoms with Gasteiger partial charge in [-0.25, -0.2) is 9.97 Å². The fourth-order valence-electron chi connectivity index (χ4n) is 1.88. The van der Waals surface area contributed by atoms with Crippen LogP contribution in [-0.2, 0) is 6.42 Å². The molecule has 1 heterocycles. The molecule has 0 spiro atoms. The van der Waals surface area contributed by atoms with Gasteiger partial charge in [0.25, 0.3) is 0 Å². The molecule has 0 bridgehead atoms. The number of thioether (sulfide) groups is 1. The second-order valence-corrected chi connectivity index (χ2v) is 5.67. The molecule has 0 saturated heterocycles. The number of nitrogens with zero attached hydrogens (tertiary/aromatic N) is 2. The first kappa shape index (κ1) is 14.2. The van der Waals surface area contributed by atoms with E-state index in [4.69, 9.17) is 17.3 Å².